The summed E-state index contributed by atoms with van der Waals surface area (Å²) in [5.41, 5.74) is 4.06. The fourth-order valence-electron chi connectivity index (χ4n) is 2.37. The Bertz CT molecular complexity index is 491. The molecule has 0 bridgehead atoms. The Balaban J connectivity index is 2.88. The molecule has 0 aromatic heterocycles. The third-order valence-corrected chi connectivity index (χ3v) is 3.49. The number of hydrogen-bond acceptors (Lipinski definition) is 3. The molecule has 0 fully saturated rings. The van der Waals surface area contributed by atoms with Gasteiger partial charge in [-0.05, 0) is 45.9 Å². The maximum Gasteiger partial charge on any atom is 0.177 e. The minimum Gasteiger partial charge on any atom is -0.295 e. The van der Waals surface area contributed by atoms with Crippen molar-refractivity contribution in [2.45, 2.75) is 40.2 Å². The van der Waals surface area contributed by atoms with Gasteiger partial charge in [0.1, 0.15) is 0 Å². The first-order chi connectivity index (χ1) is 8.86. The van der Waals surface area contributed by atoms with E-state index in [4.69, 9.17) is 5.26 Å². The number of nitrogens with zero attached hydrogens (tertiary/aromatic N) is 2. The number of aryl methyl sites for hydroxylation is 3. The molecule has 1 aromatic rings. The van der Waals surface area contributed by atoms with Gasteiger partial charge < -0.3 is 0 Å². The predicted molar refractivity (Wildman–Crippen MR) is 77.3 cm³/mol. The lowest BCUT2D eigenvalue weighted by atomic mass is 9.96. The van der Waals surface area contributed by atoms with Crippen molar-refractivity contribution in [1.82, 2.24) is 4.90 Å². The van der Waals surface area contributed by atoms with Crippen molar-refractivity contribution < 1.29 is 4.79 Å². The Morgan fingerprint density at radius 3 is 2.32 bits per heavy atom. The van der Waals surface area contributed by atoms with Crippen molar-refractivity contribution >= 4 is 5.78 Å². The number of rotatable bonds is 5. The SMILES string of the molecule is Cc1cc(C)c(C(=O)CN(C)C(C)CC#N)c(C)c1. The van der Waals surface area contributed by atoms with Crippen molar-refractivity contribution in [3.63, 3.8) is 0 Å². The third kappa shape index (κ3) is 3.90. The summed E-state index contributed by atoms with van der Waals surface area (Å²) in [6.07, 6.45) is 0.440. The van der Waals surface area contributed by atoms with Crippen molar-refractivity contribution in [1.29, 1.82) is 5.26 Å². The molecule has 0 saturated carbocycles. The van der Waals surface area contributed by atoms with Crippen LogP contribution in [0.2, 0.25) is 0 Å². The van der Waals surface area contributed by atoms with Gasteiger partial charge in [-0.3, -0.25) is 9.69 Å². The van der Waals surface area contributed by atoms with E-state index in [1.54, 1.807) is 0 Å². The highest BCUT2D eigenvalue weighted by Crippen LogP contribution is 2.17. The van der Waals surface area contributed by atoms with Crippen LogP contribution in [0.5, 0.6) is 0 Å². The van der Waals surface area contributed by atoms with Gasteiger partial charge in [0.25, 0.3) is 0 Å². The van der Waals surface area contributed by atoms with Crippen LogP contribution in [-0.4, -0.2) is 30.3 Å². The van der Waals surface area contributed by atoms with Gasteiger partial charge in [0.2, 0.25) is 0 Å². The average molecular weight is 258 g/mol. The predicted octanol–water partition coefficient (Wildman–Crippen LogP) is 3.03. The number of Topliss-reactive ketones (excluding diaryl/α,β-unsaturated/α-hetero) is 1. The molecule has 0 amide bonds. The number of likely N-dealkylation sites (N-methyl/N-ethyl adjacent to an activating group) is 1. The zero-order valence-corrected chi connectivity index (χ0v) is 12.4. The molecule has 1 atom stereocenters. The highest BCUT2D eigenvalue weighted by molar-refractivity contribution is 6.00. The van der Waals surface area contributed by atoms with E-state index in [0.717, 1.165) is 16.7 Å². The molecule has 19 heavy (non-hydrogen) atoms. The first kappa shape index (κ1) is 15.4. The average Bonchev–Trinajstić information content (AvgIpc) is 2.27. The molecule has 1 aromatic carbocycles. The quantitative estimate of drug-likeness (QED) is 0.762. The van der Waals surface area contributed by atoms with Crippen LogP contribution in [0, 0.1) is 32.1 Å². The molecule has 1 unspecified atom stereocenters. The van der Waals surface area contributed by atoms with E-state index < -0.39 is 0 Å². The second kappa shape index (κ2) is 6.49. The monoisotopic (exact) mass is 258 g/mol. The van der Waals surface area contributed by atoms with Gasteiger partial charge in [0, 0.05) is 11.6 Å². The van der Waals surface area contributed by atoms with E-state index in [0.29, 0.717) is 13.0 Å². The van der Waals surface area contributed by atoms with Crippen molar-refractivity contribution in [2.24, 2.45) is 0 Å². The lowest BCUT2D eigenvalue weighted by Crippen LogP contribution is -2.34. The molecule has 3 nitrogen and oxygen atoms in total. The molecule has 3 heteroatoms. The molecular weight excluding hydrogens is 236 g/mol. The second-order valence-electron chi connectivity index (χ2n) is 5.32. The van der Waals surface area contributed by atoms with Crippen LogP contribution in [0.4, 0.5) is 0 Å². The number of nitriles is 1. The Kier molecular flexibility index (Phi) is 5.26. The summed E-state index contributed by atoms with van der Waals surface area (Å²) in [5, 5.41) is 8.69. The molecule has 0 heterocycles. The first-order valence-electron chi connectivity index (χ1n) is 6.55. The summed E-state index contributed by atoms with van der Waals surface area (Å²) in [7, 11) is 1.89. The van der Waals surface area contributed by atoms with Gasteiger partial charge >= 0.3 is 0 Å². The van der Waals surface area contributed by atoms with Crippen molar-refractivity contribution in [3.05, 3.63) is 34.4 Å². The standard InChI is InChI=1S/C16H22N2O/c1-11-8-12(2)16(13(3)9-11)15(19)10-18(5)14(4)6-7-17/h8-9,14H,6,10H2,1-5H3. The van der Waals surface area contributed by atoms with E-state index in [2.05, 4.69) is 6.07 Å². The largest absolute Gasteiger partial charge is 0.295 e. The molecule has 0 spiro atoms. The van der Waals surface area contributed by atoms with Crippen molar-refractivity contribution in [2.75, 3.05) is 13.6 Å². The maximum atomic E-state index is 12.4. The fraction of sp³-hybridized carbons (Fsp3) is 0.500. The zero-order chi connectivity index (χ0) is 14.6. The molecule has 0 radical (unpaired) electrons. The Morgan fingerprint density at radius 2 is 1.84 bits per heavy atom. The van der Waals surface area contributed by atoms with Gasteiger partial charge in [-0.1, -0.05) is 17.7 Å². The Labute approximate surface area is 115 Å². The molecular formula is C16H22N2O. The van der Waals surface area contributed by atoms with Crippen molar-refractivity contribution in [3.8, 4) is 6.07 Å². The Morgan fingerprint density at radius 1 is 1.32 bits per heavy atom. The van der Waals surface area contributed by atoms with Crippen LogP contribution in [0.25, 0.3) is 0 Å². The van der Waals surface area contributed by atoms with Crippen LogP contribution in [0.15, 0.2) is 12.1 Å². The van der Waals surface area contributed by atoms with E-state index in [-0.39, 0.29) is 11.8 Å². The molecule has 0 aliphatic rings. The smallest absolute Gasteiger partial charge is 0.177 e. The van der Waals surface area contributed by atoms with Gasteiger partial charge in [0.15, 0.2) is 5.78 Å². The summed E-state index contributed by atoms with van der Waals surface area (Å²) >= 11 is 0. The van der Waals surface area contributed by atoms with Crippen LogP contribution in [0.3, 0.4) is 0 Å². The van der Waals surface area contributed by atoms with E-state index in [1.165, 1.54) is 5.56 Å². The summed E-state index contributed by atoms with van der Waals surface area (Å²) in [5.74, 6) is 0.127. The summed E-state index contributed by atoms with van der Waals surface area (Å²) in [6.45, 7) is 8.31. The summed E-state index contributed by atoms with van der Waals surface area (Å²) in [6, 6.07) is 6.32. The van der Waals surface area contributed by atoms with E-state index in [1.807, 2.05) is 51.8 Å². The molecule has 1 rings (SSSR count). The minimum atomic E-state index is 0.0972. The summed E-state index contributed by atoms with van der Waals surface area (Å²) < 4.78 is 0. The maximum absolute atomic E-state index is 12.4. The molecule has 0 aliphatic heterocycles. The van der Waals surface area contributed by atoms with Gasteiger partial charge in [0.05, 0.1) is 19.0 Å². The van der Waals surface area contributed by atoms with Crippen LogP contribution in [0.1, 0.15) is 40.4 Å². The Hall–Kier alpha value is -1.66. The molecule has 102 valence electrons. The fourth-order valence-corrected chi connectivity index (χ4v) is 2.37. The zero-order valence-electron chi connectivity index (χ0n) is 12.4. The van der Waals surface area contributed by atoms with Gasteiger partial charge in [-0.2, -0.15) is 5.26 Å². The van der Waals surface area contributed by atoms with Crippen LogP contribution < -0.4 is 0 Å². The summed E-state index contributed by atoms with van der Waals surface area (Å²) in [4.78, 5) is 14.3. The first-order valence-corrected chi connectivity index (χ1v) is 6.55. The van der Waals surface area contributed by atoms with Gasteiger partial charge in [-0.15, -0.1) is 0 Å². The topological polar surface area (TPSA) is 44.1 Å². The number of ketones is 1. The molecule has 0 N–H and O–H groups in total. The van der Waals surface area contributed by atoms with E-state index >= 15 is 0 Å². The van der Waals surface area contributed by atoms with Crippen LogP contribution >= 0.6 is 0 Å². The lowest BCUT2D eigenvalue weighted by molar-refractivity contribution is 0.0924. The minimum absolute atomic E-state index is 0.0972. The van der Waals surface area contributed by atoms with E-state index in [9.17, 15) is 4.79 Å². The van der Waals surface area contributed by atoms with Crippen LogP contribution in [-0.2, 0) is 0 Å². The van der Waals surface area contributed by atoms with Gasteiger partial charge in [-0.25, -0.2) is 0 Å². The normalized spacial score (nSPS) is 12.3. The number of carbonyl (C=O) groups is 1. The number of hydrogen-bond donors (Lipinski definition) is 0. The number of carbonyl (C=O) groups excluding carboxylic acids is 1. The number of benzene rings is 1. The molecule has 0 saturated heterocycles. The molecule has 0 aliphatic carbocycles. The lowest BCUT2D eigenvalue weighted by Gasteiger charge is -2.22. The third-order valence-electron chi connectivity index (χ3n) is 3.49. The highest BCUT2D eigenvalue weighted by Gasteiger charge is 2.17. The highest BCUT2D eigenvalue weighted by atomic mass is 16.1. The second-order valence-corrected chi connectivity index (χ2v) is 5.32.